The van der Waals surface area contributed by atoms with Crippen molar-refractivity contribution in [3.63, 3.8) is 0 Å². The fourth-order valence-corrected chi connectivity index (χ4v) is 2.06. The first-order chi connectivity index (χ1) is 8.29. The van der Waals surface area contributed by atoms with Gasteiger partial charge in [0.2, 0.25) is 5.89 Å². The Kier molecular flexibility index (Phi) is 4.50. The van der Waals surface area contributed by atoms with E-state index in [1.807, 2.05) is 0 Å². The maximum absolute atomic E-state index is 5.98. The minimum absolute atomic E-state index is 0.124. The lowest BCUT2D eigenvalue weighted by Gasteiger charge is -2.05. The number of nitrogens with two attached hydrogens (primary N) is 1. The van der Waals surface area contributed by atoms with E-state index < -0.39 is 0 Å². The molecule has 0 amide bonds. The number of unbranched alkanes of at least 4 members (excludes halogenated alkanes) is 1. The average Bonchev–Trinajstić information content (AvgIpc) is 2.98. The quantitative estimate of drug-likeness (QED) is 0.821. The van der Waals surface area contributed by atoms with Crippen molar-refractivity contribution >= 4 is 0 Å². The van der Waals surface area contributed by atoms with Gasteiger partial charge in [0.25, 0.3) is 0 Å². The topological polar surface area (TPSA) is 74.2 Å². The third kappa shape index (κ3) is 3.51. The van der Waals surface area contributed by atoms with Gasteiger partial charge in [0, 0.05) is 13.0 Å². The first kappa shape index (κ1) is 12.5. The molecule has 17 heavy (non-hydrogen) atoms. The van der Waals surface area contributed by atoms with Crippen molar-refractivity contribution in [1.29, 1.82) is 0 Å². The van der Waals surface area contributed by atoms with Gasteiger partial charge in [-0.05, 0) is 19.3 Å². The summed E-state index contributed by atoms with van der Waals surface area (Å²) in [4.78, 5) is 4.34. The molecule has 2 unspecified atom stereocenters. The van der Waals surface area contributed by atoms with E-state index in [1.165, 1.54) is 0 Å². The zero-order chi connectivity index (χ0) is 12.1. The first-order valence-electron chi connectivity index (χ1n) is 6.49. The normalized spacial score (nSPS) is 21.9. The highest BCUT2D eigenvalue weighted by atomic mass is 16.5. The molecule has 1 saturated heterocycles. The van der Waals surface area contributed by atoms with E-state index in [0.29, 0.717) is 5.89 Å². The Bertz CT molecular complexity index is 334. The highest BCUT2D eigenvalue weighted by molar-refractivity contribution is 4.93. The van der Waals surface area contributed by atoms with Gasteiger partial charge in [-0.3, -0.25) is 0 Å². The van der Waals surface area contributed by atoms with E-state index in [0.717, 1.165) is 51.0 Å². The lowest BCUT2D eigenvalue weighted by Crippen LogP contribution is -2.12. The van der Waals surface area contributed by atoms with Crippen LogP contribution >= 0.6 is 0 Å². The fourth-order valence-electron chi connectivity index (χ4n) is 2.06. The lowest BCUT2D eigenvalue weighted by molar-refractivity contribution is 0.109. The second kappa shape index (κ2) is 6.12. The molecule has 0 bridgehead atoms. The van der Waals surface area contributed by atoms with Crippen molar-refractivity contribution in [3.8, 4) is 0 Å². The number of rotatable bonds is 6. The highest BCUT2D eigenvalue weighted by Gasteiger charge is 2.20. The van der Waals surface area contributed by atoms with Crippen LogP contribution in [0.3, 0.4) is 0 Å². The summed E-state index contributed by atoms with van der Waals surface area (Å²) in [5, 5.41) is 3.96. The second-order valence-corrected chi connectivity index (χ2v) is 4.64. The van der Waals surface area contributed by atoms with Gasteiger partial charge in [-0.2, -0.15) is 4.98 Å². The van der Waals surface area contributed by atoms with Gasteiger partial charge in [0.15, 0.2) is 5.82 Å². The Balaban J connectivity index is 1.86. The van der Waals surface area contributed by atoms with Crippen LogP contribution in [0.2, 0.25) is 0 Å². The SMILES string of the molecule is CCCCC(N)c1nc(CC2CCCO2)no1. The van der Waals surface area contributed by atoms with Gasteiger partial charge in [-0.1, -0.05) is 24.9 Å². The molecule has 1 fully saturated rings. The minimum atomic E-state index is -0.124. The Labute approximate surface area is 102 Å². The summed E-state index contributed by atoms with van der Waals surface area (Å²) in [6.45, 7) is 2.99. The van der Waals surface area contributed by atoms with Crippen LogP contribution in [-0.4, -0.2) is 22.9 Å². The molecule has 1 aliphatic rings. The predicted molar refractivity (Wildman–Crippen MR) is 63.4 cm³/mol. The highest BCUT2D eigenvalue weighted by Crippen LogP contribution is 2.18. The molecule has 0 aliphatic carbocycles. The van der Waals surface area contributed by atoms with Gasteiger partial charge in [0.05, 0.1) is 12.1 Å². The number of hydrogen-bond acceptors (Lipinski definition) is 5. The van der Waals surface area contributed by atoms with Crippen LogP contribution in [0.15, 0.2) is 4.52 Å². The first-order valence-corrected chi connectivity index (χ1v) is 6.49. The molecule has 2 heterocycles. The zero-order valence-electron chi connectivity index (χ0n) is 10.4. The van der Waals surface area contributed by atoms with Crippen LogP contribution < -0.4 is 5.73 Å². The molecular formula is C12H21N3O2. The van der Waals surface area contributed by atoms with E-state index >= 15 is 0 Å². The van der Waals surface area contributed by atoms with Crippen molar-refractivity contribution in [2.45, 2.75) is 57.6 Å². The molecular weight excluding hydrogens is 218 g/mol. The molecule has 0 aromatic carbocycles. The second-order valence-electron chi connectivity index (χ2n) is 4.64. The van der Waals surface area contributed by atoms with Crippen LogP contribution in [0.25, 0.3) is 0 Å². The lowest BCUT2D eigenvalue weighted by atomic mass is 10.1. The third-order valence-electron chi connectivity index (χ3n) is 3.10. The molecule has 1 aromatic rings. The molecule has 96 valence electrons. The molecule has 2 N–H and O–H groups in total. The maximum atomic E-state index is 5.98. The van der Waals surface area contributed by atoms with Crippen LogP contribution in [-0.2, 0) is 11.2 Å². The van der Waals surface area contributed by atoms with Crippen molar-refractivity contribution in [3.05, 3.63) is 11.7 Å². The molecule has 0 radical (unpaired) electrons. The minimum Gasteiger partial charge on any atom is -0.378 e. The van der Waals surface area contributed by atoms with Gasteiger partial charge in [0.1, 0.15) is 0 Å². The van der Waals surface area contributed by atoms with Gasteiger partial charge in [-0.25, -0.2) is 0 Å². The summed E-state index contributed by atoms with van der Waals surface area (Å²) in [6.07, 6.45) is 6.33. The summed E-state index contributed by atoms with van der Waals surface area (Å²) < 4.78 is 10.7. The summed E-state index contributed by atoms with van der Waals surface area (Å²) in [5.41, 5.74) is 5.98. The van der Waals surface area contributed by atoms with Crippen LogP contribution in [0.4, 0.5) is 0 Å². The Morgan fingerprint density at radius 3 is 3.12 bits per heavy atom. The van der Waals surface area contributed by atoms with Crippen LogP contribution in [0, 0.1) is 0 Å². The molecule has 1 aromatic heterocycles. The number of nitrogens with zero attached hydrogens (tertiary/aromatic N) is 2. The van der Waals surface area contributed by atoms with Gasteiger partial charge < -0.3 is 15.0 Å². The summed E-state index contributed by atoms with van der Waals surface area (Å²) in [7, 11) is 0. The average molecular weight is 239 g/mol. The molecule has 5 nitrogen and oxygen atoms in total. The molecule has 0 saturated carbocycles. The number of hydrogen-bond donors (Lipinski definition) is 1. The predicted octanol–water partition coefficient (Wildman–Crippen LogP) is 1.98. The molecule has 0 spiro atoms. The van der Waals surface area contributed by atoms with E-state index in [1.54, 1.807) is 0 Å². The van der Waals surface area contributed by atoms with E-state index in [9.17, 15) is 0 Å². The molecule has 1 aliphatic heterocycles. The third-order valence-corrected chi connectivity index (χ3v) is 3.10. The number of aromatic nitrogens is 2. The van der Waals surface area contributed by atoms with Crippen molar-refractivity contribution < 1.29 is 9.26 Å². The maximum Gasteiger partial charge on any atom is 0.243 e. The molecule has 2 rings (SSSR count). The fraction of sp³-hybridized carbons (Fsp3) is 0.833. The summed E-state index contributed by atoms with van der Waals surface area (Å²) >= 11 is 0. The van der Waals surface area contributed by atoms with Gasteiger partial charge >= 0.3 is 0 Å². The van der Waals surface area contributed by atoms with Crippen molar-refractivity contribution in [2.24, 2.45) is 5.73 Å². The summed E-state index contributed by atoms with van der Waals surface area (Å²) in [5.74, 6) is 1.28. The van der Waals surface area contributed by atoms with Crippen molar-refractivity contribution in [2.75, 3.05) is 6.61 Å². The number of ether oxygens (including phenoxy) is 1. The molecule has 2 atom stereocenters. The Morgan fingerprint density at radius 2 is 2.41 bits per heavy atom. The Morgan fingerprint density at radius 1 is 1.53 bits per heavy atom. The van der Waals surface area contributed by atoms with Crippen LogP contribution in [0.5, 0.6) is 0 Å². The smallest absolute Gasteiger partial charge is 0.243 e. The van der Waals surface area contributed by atoms with Crippen LogP contribution in [0.1, 0.15) is 56.8 Å². The summed E-state index contributed by atoms with van der Waals surface area (Å²) in [6, 6.07) is -0.124. The molecule has 5 heteroatoms. The van der Waals surface area contributed by atoms with E-state index in [2.05, 4.69) is 17.1 Å². The van der Waals surface area contributed by atoms with Gasteiger partial charge in [-0.15, -0.1) is 0 Å². The van der Waals surface area contributed by atoms with Crippen molar-refractivity contribution in [1.82, 2.24) is 10.1 Å². The standard InChI is InChI=1S/C12H21N3O2/c1-2-3-6-10(13)12-14-11(15-17-12)8-9-5-4-7-16-9/h9-10H,2-8,13H2,1H3. The Hall–Kier alpha value is -0.940. The van der Waals surface area contributed by atoms with E-state index in [-0.39, 0.29) is 12.1 Å². The van der Waals surface area contributed by atoms with E-state index in [4.69, 9.17) is 15.0 Å². The monoisotopic (exact) mass is 239 g/mol. The largest absolute Gasteiger partial charge is 0.378 e. The zero-order valence-corrected chi connectivity index (χ0v) is 10.4.